The van der Waals surface area contributed by atoms with Crippen molar-refractivity contribution >= 4 is 16.9 Å². The Balaban J connectivity index is 1.22. The van der Waals surface area contributed by atoms with Crippen molar-refractivity contribution in [2.45, 2.75) is 31.2 Å². The summed E-state index contributed by atoms with van der Waals surface area (Å²) >= 11 is 0. The molecule has 5 rings (SSSR count). The number of para-hydroxylation sites is 1. The molecule has 2 unspecified atom stereocenters. The van der Waals surface area contributed by atoms with E-state index in [1.807, 2.05) is 12.1 Å². The van der Waals surface area contributed by atoms with E-state index in [1.54, 1.807) is 0 Å². The van der Waals surface area contributed by atoms with Crippen LogP contribution in [-0.4, -0.2) is 48.1 Å². The number of aromatic amines is 1. The zero-order valence-corrected chi connectivity index (χ0v) is 17.3. The maximum atomic E-state index is 12.6. The molecule has 0 radical (unpaired) electrons. The largest absolute Gasteiger partial charge is 0.361 e. The Morgan fingerprint density at radius 3 is 2.67 bits per heavy atom. The van der Waals surface area contributed by atoms with Gasteiger partial charge in [-0.1, -0.05) is 48.5 Å². The average Bonchev–Trinajstić information content (AvgIpc) is 3.38. The second kappa shape index (κ2) is 8.52. The number of nitrogens with one attached hydrogen (secondary N) is 3. The van der Waals surface area contributed by atoms with E-state index in [0.29, 0.717) is 12.5 Å². The SMILES string of the molecule is O=C(NCC1CCN(C2CC2)C1)NCC(c1ccccc1)c1c[nH]c2ccccc12. The number of hydrogen-bond acceptors (Lipinski definition) is 2. The van der Waals surface area contributed by atoms with Gasteiger partial charge >= 0.3 is 6.03 Å². The summed E-state index contributed by atoms with van der Waals surface area (Å²) in [6, 6.07) is 19.5. The molecule has 1 aliphatic carbocycles. The molecule has 3 N–H and O–H groups in total. The normalized spacial score (nSPS) is 20.3. The fourth-order valence-electron chi connectivity index (χ4n) is 4.77. The standard InChI is InChI=1S/C25H30N4O/c30-25(27-14-18-12-13-29(17-18)20-10-11-20)28-15-22(19-6-2-1-3-7-19)23-16-26-24-9-5-4-8-21(23)24/h1-9,16,18,20,22,26H,10-15,17H2,(H2,27,28,30). The highest BCUT2D eigenvalue weighted by Crippen LogP contribution is 2.32. The molecule has 156 valence electrons. The van der Waals surface area contributed by atoms with Gasteiger partial charge in [0.1, 0.15) is 0 Å². The van der Waals surface area contributed by atoms with Gasteiger partial charge in [-0.15, -0.1) is 0 Å². The van der Waals surface area contributed by atoms with Gasteiger partial charge in [-0.2, -0.15) is 0 Å². The smallest absolute Gasteiger partial charge is 0.314 e. The number of likely N-dealkylation sites (tertiary alicyclic amines) is 1. The molecular formula is C25H30N4O. The van der Waals surface area contributed by atoms with E-state index in [2.05, 4.69) is 69.2 Å². The summed E-state index contributed by atoms with van der Waals surface area (Å²) in [6.07, 6.45) is 5.98. The zero-order chi connectivity index (χ0) is 20.3. The molecule has 2 atom stereocenters. The van der Waals surface area contributed by atoms with Gasteiger partial charge in [-0.25, -0.2) is 4.79 Å². The third-order valence-electron chi connectivity index (χ3n) is 6.60. The molecule has 2 amide bonds. The highest BCUT2D eigenvalue weighted by Gasteiger charge is 2.34. The number of carbonyl (C=O) groups is 1. The van der Waals surface area contributed by atoms with Gasteiger partial charge in [0.05, 0.1) is 0 Å². The average molecular weight is 403 g/mol. The minimum Gasteiger partial charge on any atom is -0.361 e. The van der Waals surface area contributed by atoms with Crippen molar-refractivity contribution in [3.8, 4) is 0 Å². The predicted molar refractivity (Wildman–Crippen MR) is 121 cm³/mol. The molecule has 3 aromatic rings. The van der Waals surface area contributed by atoms with E-state index in [0.717, 1.165) is 24.6 Å². The van der Waals surface area contributed by atoms with Crippen LogP contribution < -0.4 is 10.6 Å². The Morgan fingerprint density at radius 1 is 1.03 bits per heavy atom. The number of rotatable bonds is 7. The maximum absolute atomic E-state index is 12.6. The van der Waals surface area contributed by atoms with E-state index in [4.69, 9.17) is 0 Å². The summed E-state index contributed by atoms with van der Waals surface area (Å²) in [5.41, 5.74) is 3.55. The van der Waals surface area contributed by atoms with Crippen LogP contribution in [0.1, 0.15) is 36.3 Å². The van der Waals surface area contributed by atoms with Crippen molar-refractivity contribution in [1.82, 2.24) is 20.5 Å². The van der Waals surface area contributed by atoms with Crippen molar-refractivity contribution in [3.63, 3.8) is 0 Å². The quantitative estimate of drug-likeness (QED) is 0.558. The summed E-state index contributed by atoms with van der Waals surface area (Å²) < 4.78 is 0. The lowest BCUT2D eigenvalue weighted by Crippen LogP contribution is -2.40. The van der Waals surface area contributed by atoms with E-state index in [-0.39, 0.29) is 11.9 Å². The third kappa shape index (κ3) is 4.21. The van der Waals surface area contributed by atoms with Crippen molar-refractivity contribution in [2.75, 3.05) is 26.2 Å². The summed E-state index contributed by atoms with van der Waals surface area (Å²) in [6.45, 7) is 3.65. The molecule has 30 heavy (non-hydrogen) atoms. The monoisotopic (exact) mass is 402 g/mol. The molecule has 2 aliphatic rings. The van der Waals surface area contributed by atoms with Crippen LogP contribution in [0, 0.1) is 5.92 Å². The Hall–Kier alpha value is -2.79. The number of carbonyl (C=O) groups excluding carboxylic acids is 1. The van der Waals surface area contributed by atoms with Crippen LogP contribution >= 0.6 is 0 Å². The van der Waals surface area contributed by atoms with Gasteiger partial charge in [0.15, 0.2) is 0 Å². The highest BCUT2D eigenvalue weighted by atomic mass is 16.2. The molecule has 1 saturated carbocycles. The molecule has 5 heteroatoms. The molecule has 1 aliphatic heterocycles. The number of fused-ring (bicyclic) bond motifs is 1. The number of hydrogen-bond donors (Lipinski definition) is 3. The number of benzene rings is 2. The van der Waals surface area contributed by atoms with Gasteiger partial charge < -0.3 is 20.5 Å². The fourth-order valence-corrected chi connectivity index (χ4v) is 4.77. The first-order chi connectivity index (χ1) is 14.8. The lowest BCUT2D eigenvalue weighted by Gasteiger charge is -2.19. The Morgan fingerprint density at radius 2 is 1.83 bits per heavy atom. The second-order valence-corrected chi connectivity index (χ2v) is 8.72. The number of nitrogens with zero attached hydrogens (tertiary/aromatic N) is 1. The molecule has 1 saturated heterocycles. The molecule has 2 aromatic carbocycles. The summed E-state index contributed by atoms with van der Waals surface area (Å²) in [5.74, 6) is 0.680. The van der Waals surface area contributed by atoms with Crippen LogP contribution in [-0.2, 0) is 0 Å². The Bertz CT molecular complexity index is 995. The first-order valence-corrected chi connectivity index (χ1v) is 11.1. The number of amides is 2. The van der Waals surface area contributed by atoms with E-state index >= 15 is 0 Å². The number of urea groups is 1. The van der Waals surface area contributed by atoms with Crippen molar-refractivity contribution in [2.24, 2.45) is 5.92 Å². The molecule has 1 aromatic heterocycles. The summed E-state index contributed by atoms with van der Waals surface area (Å²) in [4.78, 5) is 18.5. The highest BCUT2D eigenvalue weighted by molar-refractivity contribution is 5.84. The van der Waals surface area contributed by atoms with Crippen LogP contribution in [0.25, 0.3) is 10.9 Å². The number of H-pyrrole nitrogens is 1. The van der Waals surface area contributed by atoms with E-state index < -0.39 is 0 Å². The molecule has 2 heterocycles. The Labute approximate surface area is 177 Å². The molecule has 0 spiro atoms. The lowest BCUT2D eigenvalue weighted by molar-refractivity contribution is 0.238. The van der Waals surface area contributed by atoms with Crippen LogP contribution in [0.5, 0.6) is 0 Å². The first-order valence-electron chi connectivity index (χ1n) is 11.1. The van der Waals surface area contributed by atoms with Crippen LogP contribution in [0.15, 0.2) is 60.8 Å². The summed E-state index contributed by atoms with van der Waals surface area (Å²) in [7, 11) is 0. The second-order valence-electron chi connectivity index (χ2n) is 8.72. The first kappa shape index (κ1) is 19.2. The minimum absolute atomic E-state index is 0.0688. The zero-order valence-electron chi connectivity index (χ0n) is 17.3. The van der Waals surface area contributed by atoms with Gasteiger partial charge in [-0.05, 0) is 48.9 Å². The minimum atomic E-state index is -0.0688. The maximum Gasteiger partial charge on any atom is 0.314 e. The van der Waals surface area contributed by atoms with Crippen molar-refractivity contribution < 1.29 is 4.79 Å². The topological polar surface area (TPSA) is 60.2 Å². The third-order valence-corrected chi connectivity index (χ3v) is 6.60. The van der Waals surface area contributed by atoms with Gasteiger partial charge in [-0.3, -0.25) is 0 Å². The van der Waals surface area contributed by atoms with Crippen LogP contribution in [0.3, 0.4) is 0 Å². The van der Waals surface area contributed by atoms with Crippen molar-refractivity contribution in [1.29, 1.82) is 0 Å². The molecule has 0 bridgehead atoms. The van der Waals surface area contributed by atoms with Crippen LogP contribution in [0.4, 0.5) is 4.79 Å². The van der Waals surface area contributed by atoms with Gasteiger partial charge in [0, 0.05) is 48.7 Å². The Kier molecular flexibility index (Phi) is 5.45. The summed E-state index contributed by atoms with van der Waals surface area (Å²) in [5, 5.41) is 7.44. The molecular weight excluding hydrogens is 372 g/mol. The van der Waals surface area contributed by atoms with E-state index in [1.165, 1.54) is 42.3 Å². The number of aromatic nitrogens is 1. The molecule has 5 nitrogen and oxygen atoms in total. The molecule has 2 fully saturated rings. The van der Waals surface area contributed by atoms with Crippen molar-refractivity contribution in [3.05, 3.63) is 71.9 Å². The lowest BCUT2D eigenvalue weighted by atomic mass is 9.91. The van der Waals surface area contributed by atoms with E-state index in [9.17, 15) is 4.79 Å². The van der Waals surface area contributed by atoms with Gasteiger partial charge in [0.2, 0.25) is 0 Å². The van der Waals surface area contributed by atoms with Gasteiger partial charge in [0.25, 0.3) is 0 Å². The fraction of sp³-hybridized carbons (Fsp3) is 0.400. The van der Waals surface area contributed by atoms with Crippen LogP contribution in [0.2, 0.25) is 0 Å². The predicted octanol–water partition coefficient (Wildman–Crippen LogP) is 4.08.